The van der Waals surface area contributed by atoms with E-state index in [4.69, 9.17) is 23.2 Å². The van der Waals surface area contributed by atoms with Crippen LogP contribution in [-0.4, -0.2) is 25.6 Å². The molecular formula is C29H24Cl2N2O3S2. The van der Waals surface area contributed by atoms with Crippen LogP contribution in [0.2, 0.25) is 10.0 Å². The first-order valence-electron chi connectivity index (χ1n) is 11.8. The van der Waals surface area contributed by atoms with Crippen molar-refractivity contribution in [3.05, 3.63) is 101 Å². The summed E-state index contributed by atoms with van der Waals surface area (Å²) in [6.45, 7) is 4.00. The second kappa shape index (κ2) is 11.7. The number of para-hydroxylation sites is 1. The molecule has 0 spiro atoms. The maximum absolute atomic E-state index is 13.4. The molecule has 0 bridgehead atoms. The number of hydrogen-bond donors (Lipinski definition) is 1. The Bertz CT molecular complexity index is 1720. The van der Waals surface area contributed by atoms with Crippen LogP contribution in [0.5, 0.6) is 0 Å². The van der Waals surface area contributed by atoms with Crippen molar-refractivity contribution >= 4 is 66.2 Å². The number of carbonyl (C=O) groups is 1. The molecule has 0 aliphatic heterocycles. The molecule has 1 heterocycles. The molecule has 0 saturated carbocycles. The number of carbonyl (C=O) groups excluding carboxylic acids is 1. The molecule has 0 aliphatic rings. The number of hydrogen-bond acceptors (Lipinski definition) is 5. The van der Waals surface area contributed by atoms with E-state index < -0.39 is 15.7 Å². The van der Waals surface area contributed by atoms with Crippen molar-refractivity contribution in [1.82, 2.24) is 4.98 Å². The molecule has 0 fully saturated rings. The highest BCUT2D eigenvalue weighted by atomic mass is 35.5. The third kappa shape index (κ3) is 6.08. The second-order valence-corrected chi connectivity index (χ2v) is 12.0. The largest absolute Gasteiger partial charge is 0.322 e. The van der Waals surface area contributed by atoms with Crippen LogP contribution >= 0.6 is 34.5 Å². The lowest BCUT2D eigenvalue weighted by molar-refractivity contribution is 0.102. The zero-order valence-corrected chi connectivity index (χ0v) is 24.0. The van der Waals surface area contributed by atoms with Crippen LogP contribution in [0.4, 0.5) is 5.69 Å². The molecule has 0 atom stereocenters. The minimum atomic E-state index is -3.48. The maximum Gasteiger partial charge on any atom is 0.256 e. The minimum Gasteiger partial charge on any atom is -0.322 e. The number of nitrogens with one attached hydrogen (secondary N) is 1. The summed E-state index contributed by atoms with van der Waals surface area (Å²) in [7, 11) is -3.48. The Morgan fingerprint density at radius 1 is 0.868 bits per heavy atom. The average molecular weight is 584 g/mol. The number of nitrogens with zero attached hydrogens (tertiary/aromatic N) is 1. The van der Waals surface area contributed by atoms with E-state index >= 15 is 0 Å². The fraction of sp³-hybridized carbons (Fsp3) is 0.103. The highest BCUT2D eigenvalue weighted by Gasteiger charge is 2.18. The SMILES string of the molecule is CC.CS(=O)(=O)c1ccc(C(=O)Nc2ccc(Cl)c(-c3nc4ccccc4s3)c2)c(-c2cccc(Cl)c2)c1. The summed E-state index contributed by atoms with van der Waals surface area (Å²) >= 11 is 14.2. The quantitative estimate of drug-likeness (QED) is 0.225. The molecule has 5 nitrogen and oxygen atoms in total. The highest BCUT2D eigenvalue weighted by Crippen LogP contribution is 2.36. The second-order valence-electron chi connectivity index (χ2n) is 8.13. The van der Waals surface area contributed by atoms with E-state index in [1.54, 1.807) is 42.5 Å². The molecule has 38 heavy (non-hydrogen) atoms. The monoisotopic (exact) mass is 582 g/mol. The van der Waals surface area contributed by atoms with E-state index in [0.29, 0.717) is 38.0 Å². The lowest BCUT2D eigenvalue weighted by atomic mass is 9.99. The Morgan fingerprint density at radius 2 is 1.63 bits per heavy atom. The van der Waals surface area contributed by atoms with Crippen molar-refractivity contribution in [3.8, 4) is 21.7 Å². The van der Waals surface area contributed by atoms with Gasteiger partial charge in [-0.15, -0.1) is 11.3 Å². The number of thiazole rings is 1. The predicted octanol–water partition coefficient (Wildman–Crippen LogP) is 8.62. The smallest absolute Gasteiger partial charge is 0.256 e. The molecule has 1 aromatic heterocycles. The van der Waals surface area contributed by atoms with Crippen molar-refractivity contribution in [2.45, 2.75) is 18.7 Å². The van der Waals surface area contributed by atoms with E-state index in [9.17, 15) is 13.2 Å². The number of aromatic nitrogens is 1. The fourth-order valence-corrected chi connectivity index (χ4v) is 5.90. The van der Waals surface area contributed by atoms with Gasteiger partial charge in [-0.2, -0.15) is 0 Å². The first-order chi connectivity index (χ1) is 18.2. The number of benzene rings is 4. The van der Waals surface area contributed by atoms with Gasteiger partial charge in [-0.1, -0.05) is 61.3 Å². The van der Waals surface area contributed by atoms with Crippen LogP contribution in [-0.2, 0) is 9.84 Å². The fourth-order valence-electron chi connectivity index (χ4n) is 3.80. The van der Waals surface area contributed by atoms with E-state index in [1.807, 2.05) is 38.1 Å². The number of fused-ring (bicyclic) bond motifs is 1. The molecule has 0 aliphatic carbocycles. The lowest BCUT2D eigenvalue weighted by Gasteiger charge is -2.13. The van der Waals surface area contributed by atoms with Crippen molar-refractivity contribution in [1.29, 1.82) is 0 Å². The standard InChI is InChI=1S/C27H18Cl2N2O3S2.C2H6/c1-36(33,34)19-10-11-20(21(15-19)16-5-4-6-17(28)13-16)26(32)30-18-9-12-23(29)22(14-18)27-31-24-7-2-3-8-25(24)35-27;1-2/h2-15H,1H3,(H,30,32);1-2H3. The molecule has 0 unspecified atom stereocenters. The maximum atomic E-state index is 13.4. The molecule has 0 saturated heterocycles. The van der Waals surface area contributed by atoms with Gasteiger partial charge in [-0.3, -0.25) is 4.79 Å². The van der Waals surface area contributed by atoms with Crippen LogP contribution in [0.25, 0.3) is 31.9 Å². The highest BCUT2D eigenvalue weighted by molar-refractivity contribution is 7.90. The summed E-state index contributed by atoms with van der Waals surface area (Å²) in [4.78, 5) is 18.2. The number of anilines is 1. The Hall–Kier alpha value is -3.23. The van der Waals surface area contributed by atoms with Crippen LogP contribution < -0.4 is 5.32 Å². The summed E-state index contributed by atoms with van der Waals surface area (Å²) < 4.78 is 25.4. The van der Waals surface area contributed by atoms with E-state index in [-0.39, 0.29) is 4.90 Å². The summed E-state index contributed by atoms with van der Waals surface area (Å²) in [6.07, 6.45) is 1.13. The molecule has 9 heteroatoms. The first-order valence-corrected chi connectivity index (χ1v) is 15.2. The Morgan fingerprint density at radius 3 is 2.34 bits per heavy atom. The molecule has 5 rings (SSSR count). The summed E-state index contributed by atoms with van der Waals surface area (Å²) in [5.41, 5.74) is 3.50. The van der Waals surface area contributed by atoms with Crippen molar-refractivity contribution < 1.29 is 13.2 Å². The molecular weight excluding hydrogens is 559 g/mol. The number of halogens is 2. The van der Waals surface area contributed by atoms with Gasteiger partial charge in [0.05, 0.1) is 20.1 Å². The minimum absolute atomic E-state index is 0.110. The predicted molar refractivity (Wildman–Crippen MR) is 159 cm³/mol. The van der Waals surface area contributed by atoms with Crippen molar-refractivity contribution in [3.63, 3.8) is 0 Å². The van der Waals surface area contributed by atoms with Gasteiger partial charge < -0.3 is 5.32 Å². The zero-order chi connectivity index (χ0) is 27.4. The Kier molecular flexibility index (Phi) is 8.53. The van der Waals surface area contributed by atoms with Gasteiger partial charge in [-0.05, 0) is 71.8 Å². The number of amides is 1. The van der Waals surface area contributed by atoms with Crippen molar-refractivity contribution in [2.24, 2.45) is 0 Å². The Labute approximate surface area is 236 Å². The van der Waals surface area contributed by atoms with Gasteiger partial charge in [0.1, 0.15) is 5.01 Å². The third-order valence-corrected chi connectivity index (χ3v) is 8.29. The third-order valence-electron chi connectivity index (χ3n) is 5.55. The number of sulfone groups is 1. The normalized spacial score (nSPS) is 11.1. The van der Waals surface area contributed by atoms with Gasteiger partial charge in [0.25, 0.3) is 5.91 Å². The molecule has 1 amide bonds. The molecule has 4 aromatic carbocycles. The van der Waals surface area contributed by atoms with Gasteiger partial charge in [-0.25, -0.2) is 13.4 Å². The molecule has 194 valence electrons. The topological polar surface area (TPSA) is 76.1 Å². The molecule has 0 radical (unpaired) electrons. The van der Waals surface area contributed by atoms with E-state index in [2.05, 4.69) is 10.3 Å². The molecule has 5 aromatic rings. The summed E-state index contributed by atoms with van der Waals surface area (Å²) in [5, 5.41) is 4.65. The van der Waals surface area contributed by atoms with Gasteiger partial charge in [0.2, 0.25) is 0 Å². The van der Waals surface area contributed by atoms with Crippen LogP contribution in [0.15, 0.2) is 89.8 Å². The van der Waals surface area contributed by atoms with Gasteiger partial charge in [0, 0.05) is 28.1 Å². The van der Waals surface area contributed by atoms with Crippen LogP contribution in [0, 0.1) is 0 Å². The van der Waals surface area contributed by atoms with Crippen LogP contribution in [0.1, 0.15) is 24.2 Å². The van der Waals surface area contributed by atoms with Gasteiger partial charge in [0.15, 0.2) is 9.84 Å². The zero-order valence-electron chi connectivity index (χ0n) is 20.8. The van der Waals surface area contributed by atoms with Crippen LogP contribution in [0.3, 0.4) is 0 Å². The summed E-state index contributed by atoms with van der Waals surface area (Å²) in [6, 6.07) is 24.4. The average Bonchev–Trinajstić information content (AvgIpc) is 3.34. The Balaban J connectivity index is 0.00000164. The lowest BCUT2D eigenvalue weighted by Crippen LogP contribution is -2.14. The summed E-state index contributed by atoms with van der Waals surface area (Å²) in [5.74, 6) is -0.400. The first kappa shape index (κ1) is 27.8. The number of rotatable bonds is 5. The molecule has 1 N–H and O–H groups in total. The van der Waals surface area contributed by atoms with E-state index in [1.165, 1.54) is 29.5 Å². The van der Waals surface area contributed by atoms with E-state index in [0.717, 1.165) is 21.5 Å². The van der Waals surface area contributed by atoms with Crippen molar-refractivity contribution in [2.75, 3.05) is 11.6 Å². The van der Waals surface area contributed by atoms with Gasteiger partial charge >= 0.3 is 0 Å².